The highest BCUT2D eigenvalue weighted by Gasteiger charge is 2.16. The van der Waals surface area contributed by atoms with Crippen LogP contribution in [-0.4, -0.2) is 37.8 Å². The maximum absolute atomic E-state index is 12.5. The Hall–Kier alpha value is -2.14. The number of nitrogens with zero attached hydrogens (tertiary/aromatic N) is 1. The van der Waals surface area contributed by atoms with Crippen LogP contribution in [-0.2, 0) is 16.8 Å². The maximum atomic E-state index is 12.5. The average Bonchev–Trinajstić information content (AvgIpc) is 2.65. The fourth-order valence-corrected chi connectivity index (χ4v) is 3.57. The van der Waals surface area contributed by atoms with Gasteiger partial charge in [0.2, 0.25) is 5.91 Å². The third kappa shape index (κ3) is 5.67. The van der Waals surface area contributed by atoms with Gasteiger partial charge in [-0.15, -0.1) is 11.8 Å². The first-order valence-electron chi connectivity index (χ1n) is 8.93. The van der Waals surface area contributed by atoms with Crippen LogP contribution in [0, 0.1) is 0 Å². The predicted octanol–water partition coefficient (Wildman–Crippen LogP) is 4.75. The summed E-state index contributed by atoms with van der Waals surface area (Å²) in [6, 6.07) is 14.1. The topological polar surface area (TPSA) is 38.8 Å². The number of hydrogen-bond donors (Lipinski definition) is 0. The van der Waals surface area contributed by atoms with E-state index < -0.39 is 0 Å². The highest BCUT2D eigenvalue weighted by Crippen LogP contribution is 2.31. The van der Waals surface area contributed by atoms with Gasteiger partial charge in [-0.2, -0.15) is 0 Å². The van der Waals surface area contributed by atoms with Crippen LogP contribution < -0.4 is 9.47 Å². The number of ether oxygens (including phenoxy) is 2. The number of methoxy groups -OCH3 is 2. The third-order valence-electron chi connectivity index (χ3n) is 4.40. The molecule has 0 heterocycles. The molecule has 0 radical (unpaired) electrons. The lowest BCUT2D eigenvalue weighted by Crippen LogP contribution is -2.28. The first-order chi connectivity index (χ1) is 12.8. The zero-order chi connectivity index (χ0) is 20.0. The zero-order valence-electron chi connectivity index (χ0n) is 17.0. The first-order valence-corrected chi connectivity index (χ1v) is 9.92. The van der Waals surface area contributed by atoms with Gasteiger partial charge in [0.15, 0.2) is 11.5 Å². The third-order valence-corrected chi connectivity index (χ3v) is 5.40. The van der Waals surface area contributed by atoms with Gasteiger partial charge < -0.3 is 14.4 Å². The molecule has 0 saturated carbocycles. The molecule has 27 heavy (non-hydrogen) atoms. The van der Waals surface area contributed by atoms with Crippen molar-refractivity contribution in [3.63, 3.8) is 0 Å². The smallest absolute Gasteiger partial charge is 0.232 e. The lowest BCUT2D eigenvalue weighted by atomic mass is 9.87. The molecule has 1 amide bonds. The Labute approximate surface area is 166 Å². The van der Waals surface area contributed by atoms with Gasteiger partial charge in [-0.3, -0.25) is 4.79 Å². The number of benzene rings is 2. The Balaban J connectivity index is 1.96. The van der Waals surface area contributed by atoms with E-state index in [1.54, 1.807) is 30.9 Å². The molecule has 2 aromatic carbocycles. The highest BCUT2D eigenvalue weighted by atomic mass is 32.2. The van der Waals surface area contributed by atoms with E-state index in [0.717, 1.165) is 10.5 Å². The monoisotopic (exact) mass is 387 g/mol. The van der Waals surface area contributed by atoms with Crippen molar-refractivity contribution in [3.05, 3.63) is 53.6 Å². The molecule has 0 unspecified atom stereocenters. The minimum absolute atomic E-state index is 0.0739. The van der Waals surface area contributed by atoms with E-state index in [1.807, 2.05) is 25.2 Å². The van der Waals surface area contributed by atoms with Gasteiger partial charge in [-0.05, 0) is 29.2 Å². The molecule has 0 bridgehead atoms. The summed E-state index contributed by atoms with van der Waals surface area (Å²) in [4.78, 5) is 15.4. The van der Waals surface area contributed by atoms with Crippen molar-refractivity contribution in [2.45, 2.75) is 37.6 Å². The molecule has 2 aromatic rings. The Bertz CT molecular complexity index is 766. The number of hydrogen-bond acceptors (Lipinski definition) is 4. The second kappa shape index (κ2) is 9.18. The largest absolute Gasteiger partial charge is 0.493 e. The van der Waals surface area contributed by atoms with E-state index in [4.69, 9.17) is 9.47 Å². The van der Waals surface area contributed by atoms with Crippen LogP contribution in [0.2, 0.25) is 0 Å². The lowest BCUT2D eigenvalue weighted by molar-refractivity contribution is -0.127. The molecule has 0 spiro atoms. The van der Waals surface area contributed by atoms with E-state index in [-0.39, 0.29) is 11.3 Å². The van der Waals surface area contributed by atoms with E-state index >= 15 is 0 Å². The predicted molar refractivity (Wildman–Crippen MR) is 112 cm³/mol. The molecule has 0 aliphatic carbocycles. The minimum Gasteiger partial charge on any atom is -0.493 e. The van der Waals surface area contributed by atoms with Gasteiger partial charge in [0.1, 0.15) is 0 Å². The second-order valence-corrected chi connectivity index (χ2v) is 8.51. The highest BCUT2D eigenvalue weighted by molar-refractivity contribution is 8.00. The lowest BCUT2D eigenvalue weighted by Gasteiger charge is -2.20. The van der Waals surface area contributed by atoms with E-state index in [9.17, 15) is 4.79 Å². The summed E-state index contributed by atoms with van der Waals surface area (Å²) in [7, 11) is 5.03. The molecular weight excluding hydrogens is 358 g/mol. The maximum Gasteiger partial charge on any atom is 0.232 e. The van der Waals surface area contributed by atoms with Gasteiger partial charge in [0.05, 0.1) is 20.0 Å². The summed E-state index contributed by atoms with van der Waals surface area (Å²) in [5, 5.41) is 0. The molecule has 5 heteroatoms. The van der Waals surface area contributed by atoms with Crippen LogP contribution in [0.25, 0.3) is 0 Å². The molecule has 0 N–H and O–H groups in total. The van der Waals surface area contributed by atoms with Crippen molar-refractivity contribution in [1.82, 2.24) is 4.90 Å². The number of carbonyl (C=O) groups is 1. The summed E-state index contributed by atoms with van der Waals surface area (Å²) in [6.07, 6.45) is 0. The Morgan fingerprint density at radius 3 is 2.26 bits per heavy atom. The summed E-state index contributed by atoms with van der Waals surface area (Å²) in [5.74, 6) is 1.82. The molecule has 0 aliphatic heterocycles. The summed E-state index contributed by atoms with van der Waals surface area (Å²) in [6.45, 7) is 7.06. The molecule has 0 aromatic heterocycles. The van der Waals surface area contributed by atoms with Crippen molar-refractivity contribution >= 4 is 17.7 Å². The normalized spacial score (nSPS) is 11.2. The van der Waals surface area contributed by atoms with Crippen LogP contribution in [0.1, 0.15) is 31.9 Å². The Kier molecular flexibility index (Phi) is 7.19. The van der Waals surface area contributed by atoms with Gasteiger partial charge in [0, 0.05) is 24.1 Å². The van der Waals surface area contributed by atoms with E-state index in [1.165, 1.54) is 5.56 Å². The Morgan fingerprint density at radius 1 is 1.04 bits per heavy atom. The van der Waals surface area contributed by atoms with Crippen LogP contribution >= 0.6 is 11.8 Å². The minimum atomic E-state index is 0.0739. The molecule has 0 saturated heterocycles. The van der Waals surface area contributed by atoms with E-state index in [0.29, 0.717) is 23.8 Å². The molecule has 0 fully saturated rings. The molecule has 146 valence electrons. The number of para-hydroxylation sites is 1. The van der Waals surface area contributed by atoms with Crippen molar-refractivity contribution in [3.8, 4) is 11.5 Å². The quantitative estimate of drug-likeness (QED) is 0.643. The van der Waals surface area contributed by atoms with Crippen LogP contribution in [0.3, 0.4) is 0 Å². The summed E-state index contributed by atoms with van der Waals surface area (Å²) < 4.78 is 10.8. The number of rotatable bonds is 7. The molecule has 0 aliphatic rings. The van der Waals surface area contributed by atoms with Crippen LogP contribution in [0.5, 0.6) is 11.5 Å². The zero-order valence-corrected chi connectivity index (χ0v) is 17.9. The molecule has 0 atom stereocenters. The Morgan fingerprint density at radius 2 is 1.70 bits per heavy atom. The molecule has 4 nitrogen and oxygen atoms in total. The number of carbonyl (C=O) groups excluding carboxylic acids is 1. The SMILES string of the molecule is COc1cccc(CN(C)C(=O)CSc2ccc(C(C)(C)C)cc2)c1OC. The molecular formula is C22H29NO3S. The fraction of sp³-hybridized carbons (Fsp3) is 0.409. The second-order valence-electron chi connectivity index (χ2n) is 7.47. The number of thioether (sulfide) groups is 1. The van der Waals surface area contributed by atoms with Crippen LogP contribution in [0.15, 0.2) is 47.4 Å². The summed E-state index contributed by atoms with van der Waals surface area (Å²) >= 11 is 1.56. The van der Waals surface area contributed by atoms with E-state index in [2.05, 4.69) is 45.0 Å². The van der Waals surface area contributed by atoms with Crippen molar-refractivity contribution in [2.24, 2.45) is 0 Å². The average molecular weight is 388 g/mol. The van der Waals surface area contributed by atoms with Crippen molar-refractivity contribution in [2.75, 3.05) is 27.0 Å². The van der Waals surface area contributed by atoms with Gasteiger partial charge in [0.25, 0.3) is 0 Å². The first kappa shape index (κ1) is 21.2. The van der Waals surface area contributed by atoms with Crippen molar-refractivity contribution < 1.29 is 14.3 Å². The van der Waals surface area contributed by atoms with Crippen molar-refractivity contribution in [1.29, 1.82) is 0 Å². The summed E-state index contributed by atoms with van der Waals surface area (Å²) in [5.41, 5.74) is 2.35. The van der Waals surface area contributed by atoms with Gasteiger partial charge in [-0.1, -0.05) is 45.0 Å². The molecule has 2 rings (SSSR count). The van der Waals surface area contributed by atoms with Gasteiger partial charge >= 0.3 is 0 Å². The van der Waals surface area contributed by atoms with Crippen LogP contribution in [0.4, 0.5) is 0 Å². The fourth-order valence-electron chi connectivity index (χ4n) is 2.73. The van der Waals surface area contributed by atoms with Gasteiger partial charge in [-0.25, -0.2) is 0 Å². The number of amides is 1. The standard InChI is InChI=1S/C22H29NO3S/c1-22(2,3)17-10-12-18(13-11-17)27-15-20(24)23(4)14-16-8-7-9-19(25-5)21(16)26-6/h7-13H,14-15H2,1-6H3.